The Hall–Kier alpha value is -2.80. The van der Waals surface area contributed by atoms with Gasteiger partial charge >= 0.3 is 0 Å². The molecule has 4 aromatic rings. The number of piperidine rings is 1. The van der Waals surface area contributed by atoms with Crippen LogP contribution in [0.2, 0.25) is 0 Å². The second-order valence-corrected chi connectivity index (χ2v) is 6.88. The fourth-order valence-corrected chi connectivity index (χ4v) is 3.71. The van der Waals surface area contributed by atoms with E-state index >= 15 is 0 Å². The Balaban J connectivity index is 1.58. The van der Waals surface area contributed by atoms with E-state index in [2.05, 4.69) is 20.4 Å². The summed E-state index contributed by atoms with van der Waals surface area (Å²) in [7, 11) is 0. The average molecular weight is 350 g/mol. The van der Waals surface area contributed by atoms with Gasteiger partial charge in [-0.2, -0.15) is 5.10 Å². The van der Waals surface area contributed by atoms with Gasteiger partial charge in [0, 0.05) is 35.6 Å². The number of imidazole rings is 1. The lowest BCUT2D eigenvalue weighted by Gasteiger charge is -2.20. The largest absolute Gasteiger partial charge is 0.317 e. The highest BCUT2D eigenvalue weighted by atomic mass is 19.1. The van der Waals surface area contributed by atoms with Crippen molar-refractivity contribution in [2.45, 2.75) is 25.7 Å². The topological polar surface area (TPSA) is 59.5 Å². The molecule has 1 aliphatic rings. The molecule has 132 valence electrons. The minimum atomic E-state index is -0.308. The van der Waals surface area contributed by atoms with Gasteiger partial charge in [0.1, 0.15) is 5.82 Å². The quantitative estimate of drug-likeness (QED) is 0.604. The van der Waals surface area contributed by atoms with Crippen molar-refractivity contribution in [2.75, 3.05) is 13.1 Å². The van der Waals surface area contributed by atoms with E-state index in [0.29, 0.717) is 17.4 Å². The Morgan fingerprint density at radius 1 is 1.08 bits per heavy atom. The summed E-state index contributed by atoms with van der Waals surface area (Å²) in [4.78, 5) is 8.88. The first-order valence-electron chi connectivity index (χ1n) is 8.90. The van der Waals surface area contributed by atoms with Gasteiger partial charge in [0.15, 0.2) is 17.1 Å². The van der Waals surface area contributed by atoms with Gasteiger partial charge in [-0.25, -0.2) is 18.9 Å². The molecule has 0 aromatic carbocycles. The molecule has 1 N–H and O–H groups in total. The summed E-state index contributed by atoms with van der Waals surface area (Å²) in [6.45, 7) is 3.83. The fraction of sp³-hybridized carbons (Fsp3) is 0.316. The Morgan fingerprint density at radius 3 is 2.77 bits per heavy atom. The van der Waals surface area contributed by atoms with E-state index in [-0.39, 0.29) is 5.82 Å². The minimum absolute atomic E-state index is 0.308. The molecule has 7 heteroatoms. The van der Waals surface area contributed by atoms with Gasteiger partial charge in [0.25, 0.3) is 0 Å². The van der Waals surface area contributed by atoms with E-state index in [1.165, 1.54) is 0 Å². The van der Waals surface area contributed by atoms with Crippen LogP contribution in [0.15, 0.2) is 36.8 Å². The maximum Gasteiger partial charge on any atom is 0.173 e. The molecule has 0 amide bonds. The van der Waals surface area contributed by atoms with Gasteiger partial charge in [0.05, 0.1) is 5.69 Å². The highest BCUT2D eigenvalue weighted by molar-refractivity contribution is 5.66. The normalized spacial score (nSPS) is 15.9. The van der Waals surface area contributed by atoms with Crippen molar-refractivity contribution in [3.63, 3.8) is 0 Å². The van der Waals surface area contributed by atoms with Crippen molar-refractivity contribution in [3.8, 4) is 11.1 Å². The molecule has 4 aromatic heterocycles. The zero-order chi connectivity index (χ0) is 17.7. The molecule has 0 spiro atoms. The van der Waals surface area contributed by atoms with Gasteiger partial charge in [-0.1, -0.05) is 0 Å². The van der Waals surface area contributed by atoms with Crippen molar-refractivity contribution >= 4 is 11.3 Å². The Labute approximate surface area is 149 Å². The standard InChI is InChI=1S/C19H19FN6/c1-12-22-18-3-2-14(10-26(18)24-12)15-8-16(20)19-23-17(11-25(19)9-15)13-4-6-21-7-5-13/h2-3,8-11,13,21H,4-7H2,1H3. The van der Waals surface area contributed by atoms with Gasteiger partial charge < -0.3 is 9.72 Å². The van der Waals surface area contributed by atoms with Crippen LogP contribution in [0.4, 0.5) is 4.39 Å². The number of hydrogen-bond acceptors (Lipinski definition) is 4. The van der Waals surface area contributed by atoms with Crippen LogP contribution in [0.1, 0.15) is 30.3 Å². The molecule has 0 bridgehead atoms. The number of hydrogen-bond donors (Lipinski definition) is 1. The van der Waals surface area contributed by atoms with Crippen LogP contribution in [-0.4, -0.2) is 37.1 Å². The van der Waals surface area contributed by atoms with Crippen LogP contribution < -0.4 is 5.32 Å². The van der Waals surface area contributed by atoms with Gasteiger partial charge in [-0.15, -0.1) is 0 Å². The average Bonchev–Trinajstić information content (AvgIpc) is 3.24. The summed E-state index contributed by atoms with van der Waals surface area (Å²) >= 11 is 0. The number of nitrogens with zero attached hydrogens (tertiary/aromatic N) is 5. The number of nitrogens with one attached hydrogen (secondary N) is 1. The molecular weight excluding hydrogens is 331 g/mol. The molecule has 26 heavy (non-hydrogen) atoms. The number of rotatable bonds is 2. The second-order valence-electron chi connectivity index (χ2n) is 6.88. The van der Waals surface area contributed by atoms with Gasteiger partial charge in [-0.05, 0) is 51.1 Å². The van der Waals surface area contributed by atoms with Gasteiger partial charge in [-0.3, -0.25) is 0 Å². The summed E-state index contributed by atoms with van der Waals surface area (Å²) in [6, 6.07) is 5.37. The lowest BCUT2D eigenvalue weighted by Crippen LogP contribution is -2.26. The third-order valence-corrected chi connectivity index (χ3v) is 5.05. The van der Waals surface area contributed by atoms with E-state index in [1.807, 2.05) is 37.6 Å². The van der Waals surface area contributed by atoms with Gasteiger partial charge in [0.2, 0.25) is 0 Å². The lowest BCUT2D eigenvalue weighted by molar-refractivity contribution is 0.454. The first-order chi connectivity index (χ1) is 12.7. The number of aryl methyl sites for hydroxylation is 1. The molecule has 0 unspecified atom stereocenters. The molecule has 1 aliphatic heterocycles. The molecule has 0 radical (unpaired) electrons. The van der Waals surface area contributed by atoms with Crippen LogP contribution in [0.5, 0.6) is 0 Å². The highest BCUT2D eigenvalue weighted by Gasteiger charge is 2.19. The minimum Gasteiger partial charge on any atom is -0.317 e. The summed E-state index contributed by atoms with van der Waals surface area (Å²) in [5.74, 6) is 0.802. The van der Waals surface area contributed by atoms with E-state index in [1.54, 1.807) is 15.0 Å². The van der Waals surface area contributed by atoms with Crippen LogP contribution in [0, 0.1) is 12.7 Å². The zero-order valence-corrected chi connectivity index (χ0v) is 14.5. The van der Waals surface area contributed by atoms with Crippen molar-refractivity contribution < 1.29 is 4.39 Å². The smallest absolute Gasteiger partial charge is 0.173 e. The number of halogens is 1. The SMILES string of the molecule is Cc1nc2ccc(-c3cc(F)c4nc(C5CCNCC5)cn4c3)cn2n1. The molecular formula is C19H19FN6. The third-order valence-electron chi connectivity index (χ3n) is 5.05. The van der Waals surface area contributed by atoms with Crippen molar-refractivity contribution in [3.05, 3.63) is 54.1 Å². The Morgan fingerprint density at radius 2 is 1.92 bits per heavy atom. The molecule has 5 rings (SSSR count). The maximum atomic E-state index is 14.7. The zero-order valence-electron chi connectivity index (χ0n) is 14.5. The Bertz CT molecular complexity index is 1110. The van der Waals surface area contributed by atoms with Crippen LogP contribution in [0.25, 0.3) is 22.4 Å². The van der Waals surface area contributed by atoms with E-state index in [0.717, 1.165) is 48.4 Å². The summed E-state index contributed by atoms with van der Waals surface area (Å²) < 4.78 is 18.2. The molecule has 0 atom stereocenters. The van der Waals surface area contributed by atoms with Crippen LogP contribution in [0.3, 0.4) is 0 Å². The highest BCUT2D eigenvalue weighted by Crippen LogP contribution is 2.27. The summed E-state index contributed by atoms with van der Waals surface area (Å²) in [5.41, 5.74) is 3.83. The Kier molecular flexibility index (Phi) is 3.49. The predicted octanol–water partition coefficient (Wildman–Crippen LogP) is 2.96. The fourth-order valence-electron chi connectivity index (χ4n) is 3.71. The maximum absolute atomic E-state index is 14.7. The molecule has 0 aliphatic carbocycles. The van der Waals surface area contributed by atoms with Crippen molar-refractivity contribution in [1.29, 1.82) is 0 Å². The van der Waals surface area contributed by atoms with Crippen molar-refractivity contribution in [1.82, 2.24) is 29.3 Å². The van der Waals surface area contributed by atoms with E-state index < -0.39 is 0 Å². The lowest BCUT2D eigenvalue weighted by atomic mass is 9.95. The predicted molar refractivity (Wildman–Crippen MR) is 96.7 cm³/mol. The number of aromatic nitrogens is 5. The number of fused-ring (bicyclic) bond motifs is 2. The molecule has 1 fully saturated rings. The molecule has 0 saturated carbocycles. The summed E-state index contributed by atoms with van der Waals surface area (Å²) in [6.07, 6.45) is 7.86. The molecule has 6 nitrogen and oxygen atoms in total. The van der Waals surface area contributed by atoms with Crippen LogP contribution >= 0.6 is 0 Å². The molecule has 1 saturated heterocycles. The first-order valence-corrected chi connectivity index (χ1v) is 8.90. The summed E-state index contributed by atoms with van der Waals surface area (Å²) in [5, 5.41) is 7.69. The third kappa shape index (κ3) is 2.55. The molecule has 5 heterocycles. The van der Waals surface area contributed by atoms with E-state index in [9.17, 15) is 4.39 Å². The van der Waals surface area contributed by atoms with Crippen LogP contribution in [-0.2, 0) is 0 Å². The monoisotopic (exact) mass is 350 g/mol. The van der Waals surface area contributed by atoms with Crippen molar-refractivity contribution in [2.24, 2.45) is 0 Å². The number of pyridine rings is 2. The van der Waals surface area contributed by atoms with E-state index in [4.69, 9.17) is 0 Å². The second kappa shape index (κ2) is 5.88. The first kappa shape index (κ1) is 15.5.